The largest absolute Gasteiger partial charge is 0.352 e. The van der Waals surface area contributed by atoms with Gasteiger partial charge in [0.15, 0.2) is 0 Å². The Hall–Kier alpha value is -5.16. The maximum absolute atomic E-state index is 13.2. The number of rotatable bonds is 7. The van der Waals surface area contributed by atoms with Gasteiger partial charge in [-0.3, -0.25) is 9.59 Å². The standard InChI is InChI=1S/C35H29N3O2/c39-34(36-22-21-25-15-17-28(18-16-25)27-11-5-2-6-12-27)29-19-20-33-31(23-29)37-35(40)30-13-7-8-14-32(30)38(33)24-26-9-3-1-4-10-26/h1-20,23H,21-22,24H2,(H,36,39)(H,37,40). The zero-order valence-corrected chi connectivity index (χ0v) is 22.0. The summed E-state index contributed by atoms with van der Waals surface area (Å²) in [6.45, 7) is 1.10. The molecule has 5 aromatic rings. The third kappa shape index (κ3) is 5.36. The first-order valence-corrected chi connectivity index (χ1v) is 13.4. The smallest absolute Gasteiger partial charge is 0.257 e. The molecular weight excluding hydrogens is 494 g/mol. The predicted octanol–water partition coefficient (Wildman–Crippen LogP) is 7.23. The molecule has 2 amide bonds. The molecule has 0 unspecified atom stereocenters. The maximum Gasteiger partial charge on any atom is 0.257 e. The number of fused-ring (bicyclic) bond motifs is 2. The van der Waals surface area contributed by atoms with Crippen molar-refractivity contribution in [1.29, 1.82) is 0 Å². The van der Waals surface area contributed by atoms with Gasteiger partial charge in [0.2, 0.25) is 0 Å². The minimum atomic E-state index is -0.191. The number of carbonyl (C=O) groups excluding carboxylic acids is 2. The summed E-state index contributed by atoms with van der Waals surface area (Å²) in [7, 11) is 0. The van der Waals surface area contributed by atoms with Gasteiger partial charge in [-0.25, -0.2) is 0 Å². The van der Waals surface area contributed by atoms with Gasteiger partial charge in [-0.05, 0) is 59.0 Å². The maximum atomic E-state index is 13.2. The van der Waals surface area contributed by atoms with E-state index in [1.165, 1.54) is 11.1 Å². The van der Waals surface area contributed by atoms with Crippen LogP contribution in [0.4, 0.5) is 17.1 Å². The van der Waals surface area contributed by atoms with Crippen LogP contribution in [-0.2, 0) is 13.0 Å². The summed E-state index contributed by atoms with van der Waals surface area (Å²) in [5.41, 5.74) is 8.02. The van der Waals surface area contributed by atoms with Gasteiger partial charge in [0.05, 0.1) is 22.6 Å². The van der Waals surface area contributed by atoms with Crippen molar-refractivity contribution in [3.8, 4) is 11.1 Å². The van der Waals surface area contributed by atoms with E-state index in [0.717, 1.165) is 28.9 Å². The number of nitrogens with one attached hydrogen (secondary N) is 2. The van der Waals surface area contributed by atoms with E-state index in [-0.39, 0.29) is 11.8 Å². The topological polar surface area (TPSA) is 61.4 Å². The fourth-order valence-electron chi connectivity index (χ4n) is 5.09. The van der Waals surface area contributed by atoms with Crippen LogP contribution in [0.1, 0.15) is 31.8 Å². The van der Waals surface area contributed by atoms with Crippen LogP contribution in [-0.4, -0.2) is 18.4 Å². The van der Waals surface area contributed by atoms with Crippen molar-refractivity contribution in [1.82, 2.24) is 5.32 Å². The van der Waals surface area contributed by atoms with E-state index in [9.17, 15) is 9.59 Å². The molecule has 0 saturated carbocycles. The second-order valence-electron chi connectivity index (χ2n) is 9.84. The van der Waals surface area contributed by atoms with Gasteiger partial charge in [-0.2, -0.15) is 0 Å². The van der Waals surface area contributed by atoms with Crippen LogP contribution < -0.4 is 15.5 Å². The summed E-state index contributed by atoms with van der Waals surface area (Å²) in [6.07, 6.45) is 0.725. The van der Waals surface area contributed by atoms with Crippen molar-refractivity contribution in [2.75, 3.05) is 16.8 Å². The summed E-state index contributed by atoms with van der Waals surface area (Å²) in [4.78, 5) is 28.4. The second kappa shape index (κ2) is 11.3. The molecule has 0 fully saturated rings. The van der Waals surface area contributed by atoms with Crippen molar-refractivity contribution < 1.29 is 9.59 Å². The molecule has 5 nitrogen and oxygen atoms in total. The Labute approximate surface area is 234 Å². The van der Waals surface area contributed by atoms with E-state index in [1.54, 1.807) is 6.07 Å². The van der Waals surface area contributed by atoms with Gasteiger partial charge >= 0.3 is 0 Å². The predicted molar refractivity (Wildman–Crippen MR) is 161 cm³/mol. The number of para-hydroxylation sites is 1. The molecule has 196 valence electrons. The van der Waals surface area contributed by atoms with Gasteiger partial charge in [0, 0.05) is 18.7 Å². The average molecular weight is 524 g/mol. The zero-order chi connectivity index (χ0) is 27.3. The molecule has 1 aliphatic rings. The van der Waals surface area contributed by atoms with Gasteiger partial charge in [0.1, 0.15) is 0 Å². The summed E-state index contributed by atoms with van der Waals surface area (Å²) in [6, 6.07) is 41.9. The van der Waals surface area contributed by atoms with Crippen molar-refractivity contribution in [3.63, 3.8) is 0 Å². The fraction of sp³-hybridized carbons (Fsp3) is 0.0857. The van der Waals surface area contributed by atoms with Crippen LogP contribution in [0.15, 0.2) is 127 Å². The molecule has 2 N–H and O–H groups in total. The van der Waals surface area contributed by atoms with Crippen LogP contribution in [0.2, 0.25) is 0 Å². The number of hydrogen-bond acceptors (Lipinski definition) is 3. The van der Waals surface area contributed by atoms with Crippen LogP contribution >= 0.6 is 0 Å². The Morgan fingerprint density at radius 2 is 1.35 bits per heavy atom. The molecule has 0 radical (unpaired) electrons. The van der Waals surface area contributed by atoms with Gasteiger partial charge in [-0.1, -0.05) is 97.1 Å². The van der Waals surface area contributed by atoms with E-state index < -0.39 is 0 Å². The molecule has 40 heavy (non-hydrogen) atoms. The number of amides is 2. The first kappa shape index (κ1) is 25.1. The summed E-state index contributed by atoms with van der Waals surface area (Å²) in [5, 5.41) is 6.06. The van der Waals surface area contributed by atoms with E-state index in [1.807, 2.05) is 72.8 Å². The molecule has 1 heterocycles. The monoisotopic (exact) mass is 523 g/mol. The van der Waals surface area contributed by atoms with Crippen molar-refractivity contribution in [3.05, 3.63) is 150 Å². The molecule has 0 bridgehead atoms. The van der Waals surface area contributed by atoms with E-state index in [2.05, 4.69) is 64.1 Å². The van der Waals surface area contributed by atoms with Gasteiger partial charge in [0.25, 0.3) is 11.8 Å². The molecule has 0 atom stereocenters. The molecule has 0 aromatic heterocycles. The van der Waals surface area contributed by atoms with E-state index in [4.69, 9.17) is 0 Å². The highest BCUT2D eigenvalue weighted by atomic mass is 16.2. The molecule has 0 spiro atoms. The fourth-order valence-corrected chi connectivity index (χ4v) is 5.09. The lowest BCUT2D eigenvalue weighted by Gasteiger charge is -2.26. The molecule has 1 aliphatic heterocycles. The minimum Gasteiger partial charge on any atom is -0.352 e. The third-order valence-electron chi connectivity index (χ3n) is 7.18. The Bertz CT molecular complexity index is 1650. The summed E-state index contributed by atoms with van der Waals surface area (Å²) >= 11 is 0. The number of carbonyl (C=O) groups is 2. The highest BCUT2D eigenvalue weighted by Crippen LogP contribution is 2.39. The van der Waals surface area contributed by atoms with Gasteiger partial charge in [-0.15, -0.1) is 0 Å². The van der Waals surface area contributed by atoms with Crippen LogP contribution in [0.3, 0.4) is 0 Å². The number of hydrogen-bond donors (Lipinski definition) is 2. The molecular formula is C35H29N3O2. The van der Waals surface area contributed by atoms with Crippen LogP contribution in [0, 0.1) is 0 Å². The zero-order valence-electron chi connectivity index (χ0n) is 22.0. The first-order valence-electron chi connectivity index (χ1n) is 13.4. The second-order valence-corrected chi connectivity index (χ2v) is 9.84. The normalized spacial score (nSPS) is 12.1. The Kier molecular flexibility index (Phi) is 7.10. The van der Waals surface area contributed by atoms with Crippen molar-refractivity contribution >= 4 is 28.9 Å². The number of anilines is 3. The Morgan fingerprint density at radius 1 is 0.675 bits per heavy atom. The molecule has 6 rings (SSSR count). The molecule has 0 saturated heterocycles. The van der Waals surface area contributed by atoms with Crippen molar-refractivity contribution in [2.45, 2.75) is 13.0 Å². The highest BCUT2D eigenvalue weighted by molar-refractivity contribution is 6.13. The first-order chi connectivity index (χ1) is 19.7. The van der Waals surface area contributed by atoms with Crippen LogP contribution in [0.5, 0.6) is 0 Å². The summed E-state index contributed by atoms with van der Waals surface area (Å²) < 4.78 is 0. The van der Waals surface area contributed by atoms with Gasteiger partial charge < -0.3 is 15.5 Å². The molecule has 5 heteroatoms. The highest BCUT2D eigenvalue weighted by Gasteiger charge is 2.26. The third-order valence-corrected chi connectivity index (χ3v) is 7.18. The quantitative estimate of drug-likeness (QED) is 0.237. The SMILES string of the molecule is O=C(NCCc1ccc(-c2ccccc2)cc1)c1ccc2c(c1)NC(=O)c1ccccc1N2Cc1ccccc1. The van der Waals surface area contributed by atoms with Crippen LogP contribution in [0.25, 0.3) is 11.1 Å². The molecule has 0 aliphatic carbocycles. The lowest BCUT2D eigenvalue weighted by Crippen LogP contribution is -2.26. The van der Waals surface area contributed by atoms with Crippen molar-refractivity contribution in [2.24, 2.45) is 0 Å². The number of benzene rings is 5. The lowest BCUT2D eigenvalue weighted by atomic mass is 10.0. The Morgan fingerprint density at radius 3 is 2.12 bits per heavy atom. The molecule has 5 aromatic carbocycles. The van der Waals surface area contributed by atoms with E-state index >= 15 is 0 Å². The van der Waals surface area contributed by atoms with E-state index in [0.29, 0.717) is 29.9 Å². The summed E-state index contributed by atoms with van der Waals surface area (Å²) in [5.74, 6) is -0.363. The average Bonchev–Trinajstić information content (AvgIpc) is 3.12. The number of nitrogens with zero attached hydrogens (tertiary/aromatic N) is 1. The minimum absolute atomic E-state index is 0.172. The lowest BCUT2D eigenvalue weighted by molar-refractivity contribution is 0.0952. The Balaban J connectivity index is 1.18.